The lowest BCUT2D eigenvalue weighted by molar-refractivity contribution is -0.106. The number of carbonyl (C=O) groups is 2. The standard InChI is InChI=1S/C7H9N.C2H4OS.C2H4O.C2H6/c1-6-4-2-3-5-7(6)8;3-1-2-4;1-2-3;1-2/h2-5H,8H2,1H3;1,4H,2H2;2H,1H3;1-2H3. The van der Waals surface area contributed by atoms with Gasteiger partial charge in [0.15, 0.2) is 0 Å². The molecule has 0 fully saturated rings. The van der Waals surface area contributed by atoms with E-state index in [0.717, 1.165) is 23.8 Å². The minimum absolute atomic E-state index is 0.333. The van der Waals surface area contributed by atoms with Crippen LogP contribution in [-0.4, -0.2) is 18.3 Å². The zero-order chi connectivity index (χ0) is 14.1. The number of nitrogen functional groups attached to an aromatic ring is 1. The molecule has 0 radical (unpaired) electrons. The summed E-state index contributed by atoms with van der Waals surface area (Å²) in [7, 11) is 0. The van der Waals surface area contributed by atoms with E-state index in [9.17, 15) is 0 Å². The van der Waals surface area contributed by atoms with Crippen LogP contribution in [0.5, 0.6) is 0 Å². The second kappa shape index (κ2) is 20.2. The Balaban J connectivity index is -0.000000186. The summed E-state index contributed by atoms with van der Waals surface area (Å²) in [6, 6.07) is 7.80. The number of hydrogen-bond donors (Lipinski definition) is 2. The van der Waals surface area contributed by atoms with Crippen molar-refractivity contribution in [3.05, 3.63) is 29.8 Å². The lowest BCUT2D eigenvalue weighted by atomic mass is 10.2. The third kappa shape index (κ3) is 20.7. The molecule has 2 N–H and O–H groups in total. The number of thiol groups is 1. The highest BCUT2D eigenvalue weighted by Gasteiger charge is 1.84. The Hall–Kier alpha value is -1.29. The van der Waals surface area contributed by atoms with Crippen molar-refractivity contribution in [2.75, 3.05) is 11.5 Å². The summed E-state index contributed by atoms with van der Waals surface area (Å²) in [4.78, 5) is 17.9. The van der Waals surface area contributed by atoms with Crippen LogP contribution in [0.25, 0.3) is 0 Å². The Kier molecular flexibility index (Phi) is 25.0. The highest BCUT2D eigenvalue weighted by molar-refractivity contribution is 7.80. The minimum Gasteiger partial charge on any atom is -0.399 e. The van der Waals surface area contributed by atoms with Gasteiger partial charge in [-0.2, -0.15) is 12.6 Å². The summed E-state index contributed by atoms with van der Waals surface area (Å²) in [6.45, 7) is 7.44. The van der Waals surface area contributed by atoms with Crippen molar-refractivity contribution in [3.8, 4) is 0 Å². The van der Waals surface area contributed by atoms with Gasteiger partial charge in [0.05, 0.1) is 0 Å². The minimum atomic E-state index is 0.333. The van der Waals surface area contributed by atoms with Gasteiger partial charge in [-0.1, -0.05) is 32.0 Å². The first-order chi connectivity index (χ1) is 8.13. The second-order valence-corrected chi connectivity index (χ2v) is 2.81. The molecule has 0 aliphatic rings. The molecule has 0 aliphatic carbocycles. The molecule has 0 spiro atoms. The van der Waals surface area contributed by atoms with Gasteiger partial charge in [0.1, 0.15) is 12.6 Å². The number of aldehydes is 2. The van der Waals surface area contributed by atoms with Gasteiger partial charge >= 0.3 is 0 Å². The van der Waals surface area contributed by atoms with Crippen LogP contribution in [0.4, 0.5) is 5.69 Å². The highest BCUT2D eigenvalue weighted by atomic mass is 32.1. The molecule has 0 aliphatic heterocycles. The maximum atomic E-state index is 9.10. The van der Waals surface area contributed by atoms with Crippen molar-refractivity contribution in [1.29, 1.82) is 0 Å². The molecule has 1 aromatic carbocycles. The Bertz CT molecular complexity index is 257. The van der Waals surface area contributed by atoms with Gasteiger partial charge in [-0.3, -0.25) is 0 Å². The maximum absolute atomic E-state index is 9.10. The molecule has 17 heavy (non-hydrogen) atoms. The van der Waals surface area contributed by atoms with Gasteiger partial charge in [0.2, 0.25) is 0 Å². The zero-order valence-corrected chi connectivity index (χ0v) is 11.9. The fraction of sp³-hybridized carbons (Fsp3) is 0.385. The van der Waals surface area contributed by atoms with E-state index in [-0.39, 0.29) is 0 Å². The lowest BCUT2D eigenvalue weighted by Crippen LogP contribution is -1.85. The molecule has 0 saturated carbocycles. The van der Waals surface area contributed by atoms with Gasteiger partial charge in [0, 0.05) is 11.4 Å². The number of anilines is 1. The summed E-state index contributed by atoms with van der Waals surface area (Å²) < 4.78 is 0. The number of carbonyl (C=O) groups excluding carboxylic acids is 2. The molecule has 0 heterocycles. The van der Waals surface area contributed by atoms with Crippen molar-refractivity contribution < 1.29 is 9.59 Å². The first-order valence-electron chi connectivity index (χ1n) is 5.39. The van der Waals surface area contributed by atoms with Crippen LogP contribution in [0.15, 0.2) is 24.3 Å². The normalized spacial score (nSPS) is 6.88. The van der Waals surface area contributed by atoms with Gasteiger partial charge in [-0.15, -0.1) is 0 Å². The molecule has 4 heteroatoms. The summed E-state index contributed by atoms with van der Waals surface area (Å²) in [5.74, 6) is 0.333. The second-order valence-electron chi connectivity index (χ2n) is 2.44. The molecular weight excluding hydrogens is 234 g/mol. The molecule has 98 valence electrons. The lowest BCUT2D eigenvalue weighted by Gasteiger charge is -1.93. The third-order valence-electron chi connectivity index (χ3n) is 1.26. The number of rotatable bonds is 1. The van der Waals surface area contributed by atoms with Crippen LogP contribution in [-0.2, 0) is 9.59 Å². The number of nitrogens with two attached hydrogens (primary N) is 1. The topological polar surface area (TPSA) is 60.2 Å². The fourth-order valence-electron chi connectivity index (χ4n) is 0.587. The molecule has 0 amide bonds. The molecular formula is C13H23NO2S. The summed E-state index contributed by atoms with van der Waals surface area (Å²) in [5, 5.41) is 0. The Morgan fingerprint density at radius 1 is 1.24 bits per heavy atom. The SMILES string of the molecule is CC.CC=O.Cc1ccccc1N.O=CCS. The Morgan fingerprint density at radius 3 is 1.76 bits per heavy atom. The van der Waals surface area contributed by atoms with E-state index in [2.05, 4.69) is 12.6 Å². The number of benzene rings is 1. The largest absolute Gasteiger partial charge is 0.399 e. The zero-order valence-electron chi connectivity index (χ0n) is 11.0. The third-order valence-corrected chi connectivity index (χ3v) is 1.41. The number of para-hydroxylation sites is 1. The summed E-state index contributed by atoms with van der Waals surface area (Å²) >= 11 is 3.55. The van der Waals surface area contributed by atoms with E-state index in [4.69, 9.17) is 15.3 Å². The van der Waals surface area contributed by atoms with E-state index in [1.54, 1.807) is 0 Å². The maximum Gasteiger partial charge on any atom is 0.129 e. The average molecular weight is 257 g/mol. The van der Waals surface area contributed by atoms with Gasteiger partial charge in [-0.05, 0) is 25.5 Å². The first-order valence-corrected chi connectivity index (χ1v) is 6.02. The quantitative estimate of drug-likeness (QED) is 0.462. The van der Waals surface area contributed by atoms with E-state index < -0.39 is 0 Å². The molecule has 1 aromatic rings. The van der Waals surface area contributed by atoms with E-state index >= 15 is 0 Å². The fourth-order valence-corrected chi connectivity index (χ4v) is 0.587. The van der Waals surface area contributed by atoms with Crippen LogP contribution >= 0.6 is 12.6 Å². The number of aryl methyl sites for hydroxylation is 1. The van der Waals surface area contributed by atoms with Crippen molar-refractivity contribution in [2.45, 2.75) is 27.7 Å². The Morgan fingerprint density at radius 2 is 1.59 bits per heavy atom. The van der Waals surface area contributed by atoms with E-state index in [1.807, 2.05) is 45.0 Å². The summed E-state index contributed by atoms with van der Waals surface area (Å²) in [6.07, 6.45) is 1.49. The van der Waals surface area contributed by atoms with Gasteiger partial charge in [0.25, 0.3) is 0 Å². The van der Waals surface area contributed by atoms with Crippen LogP contribution in [0.2, 0.25) is 0 Å². The van der Waals surface area contributed by atoms with Crippen LogP contribution in [0.3, 0.4) is 0 Å². The monoisotopic (exact) mass is 257 g/mol. The molecule has 0 atom stereocenters. The average Bonchev–Trinajstić information content (AvgIpc) is 2.37. The van der Waals surface area contributed by atoms with E-state index in [0.29, 0.717) is 5.75 Å². The van der Waals surface area contributed by atoms with Crippen LogP contribution in [0.1, 0.15) is 26.3 Å². The molecule has 0 unspecified atom stereocenters. The van der Waals surface area contributed by atoms with Crippen LogP contribution < -0.4 is 5.73 Å². The predicted octanol–water partition coefficient (Wildman–Crippen LogP) is 2.92. The molecule has 0 bridgehead atoms. The number of hydrogen-bond acceptors (Lipinski definition) is 4. The molecule has 0 saturated heterocycles. The highest BCUT2D eigenvalue weighted by Crippen LogP contribution is 2.06. The molecule has 3 nitrogen and oxygen atoms in total. The van der Waals surface area contributed by atoms with Crippen molar-refractivity contribution >= 4 is 30.9 Å². The first kappa shape index (κ1) is 21.0. The van der Waals surface area contributed by atoms with Crippen molar-refractivity contribution in [3.63, 3.8) is 0 Å². The van der Waals surface area contributed by atoms with Crippen molar-refractivity contribution in [2.24, 2.45) is 0 Å². The van der Waals surface area contributed by atoms with Gasteiger partial charge < -0.3 is 15.3 Å². The van der Waals surface area contributed by atoms with Gasteiger partial charge in [-0.25, -0.2) is 0 Å². The van der Waals surface area contributed by atoms with Crippen LogP contribution in [0, 0.1) is 6.92 Å². The molecule has 0 aromatic heterocycles. The summed E-state index contributed by atoms with van der Waals surface area (Å²) in [5.41, 5.74) is 7.53. The smallest absolute Gasteiger partial charge is 0.129 e. The predicted molar refractivity (Wildman–Crippen MR) is 78.6 cm³/mol. The molecule has 1 rings (SSSR count). The Labute approximate surface area is 110 Å². The van der Waals surface area contributed by atoms with Crippen molar-refractivity contribution in [1.82, 2.24) is 0 Å². The van der Waals surface area contributed by atoms with E-state index in [1.165, 1.54) is 6.92 Å².